The van der Waals surface area contributed by atoms with E-state index in [-0.39, 0.29) is 7.33 Å². The van der Waals surface area contributed by atoms with E-state index in [9.17, 15) is 4.79 Å². The first-order chi connectivity index (χ1) is 6.09. The van der Waals surface area contributed by atoms with Crippen molar-refractivity contribution in [2.45, 2.75) is 45.7 Å². The fraction of sp³-hybridized carbons (Fsp3) is 0.900. The number of hydrogen-bond donors (Lipinski definition) is 1. The molecule has 1 atom stereocenters. The van der Waals surface area contributed by atoms with Crippen LogP contribution < -0.4 is 5.32 Å². The van der Waals surface area contributed by atoms with Crippen LogP contribution in [0.5, 0.6) is 0 Å². The molecular formula is C10H22N2O. The molecule has 0 aromatic rings. The van der Waals surface area contributed by atoms with Gasteiger partial charge in [0.25, 0.3) is 0 Å². The third kappa shape index (κ3) is 3.35. The molecule has 0 spiro atoms. The molecule has 13 heavy (non-hydrogen) atoms. The smallest absolute Gasteiger partial charge is 0.217 e. The zero-order chi connectivity index (χ0) is 9.84. The molecule has 0 saturated carbocycles. The van der Waals surface area contributed by atoms with Gasteiger partial charge in [0.05, 0.1) is 0 Å². The second-order valence-electron chi connectivity index (χ2n) is 4.13. The number of amides is 1. The third-order valence-electron chi connectivity index (χ3n) is 2.59. The predicted molar refractivity (Wildman–Crippen MR) is 55.7 cm³/mol. The lowest BCUT2D eigenvalue weighted by molar-refractivity contribution is -0.120. The molecule has 1 saturated heterocycles. The second kappa shape index (κ2) is 4.61. The van der Waals surface area contributed by atoms with Crippen LogP contribution in [0.3, 0.4) is 0 Å². The highest BCUT2D eigenvalue weighted by Gasteiger charge is 2.21. The number of hydrogen-bond acceptors (Lipinski definition) is 2. The zero-order valence-electron chi connectivity index (χ0n) is 8.84. The van der Waals surface area contributed by atoms with Crippen LogP contribution >= 0.6 is 0 Å². The van der Waals surface area contributed by atoms with Crippen LogP contribution in [0, 0.1) is 0 Å². The van der Waals surface area contributed by atoms with Gasteiger partial charge >= 0.3 is 0 Å². The quantitative estimate of drug-likeness (QED) is 0.703. The summed E-state index contributed by atoms with van der Waals surface area (Å²) in [5.74, 6) is 0.0932. The molecule has 1 aliphatic heterocycles. The van der Waals surface area contributed by atoms with E-state index in [2.05, 4.69) is 24.1 Å². The molecule has 1 N–H and O–H groups in total. The van der Waals surface area contributed by atoms with Crippen molar-refractivity contribution in [2.75, 3.05) is 13.1 Å². The summed E-state index contributed by atoms with van der Waals surface area (Å²) in [4.78, 5) is 13.3. The minimum absolute atomic E-state index is 0. The molecule has 78 valence electrons. The summed E-state index contributed by atoms with van der Waals surface area (Å²) in [5.41, 5.74) is 0. The Balaban J connectivity index is 0.00000169. The summed E-state index contributed by atoms with van der Waals surface area (Å²) in [7, 11) is 0. The normalized spacial score (nSPS) is 24.8. The lowest BCUT2D eigenvalue weighted by Crippen LogP contribution is -2.49. The van der Waals surface area contributed by atoms with Crippen molar-refractivity contribution in [3.63, 3.8) is 0 Å². The van der Waals surface area contributed by atoms with Crippen LogP contribution in [0.2, 0.25) is 0 Å². The molecule has 1 amide bonds. The zero-order valence-corrected chi connectivity index (χ0v) is 8.84. The maximum atomic E-state index is 10.9. The molecule has 1 fully saturated rings. The van der Waals surface area contributed by atoms with Crippen molar-refractivity contribution in [2.24, 2.45) is 0 Å². The van der Waals surface area contributed by atoms with Gasteiger partial charge in [-0.1, -0.05) is 0 Å². The van der Waals surface area contributed by atoms with E-state index in [4.69, 9.17) is 0 Å². The minimum Gasteiger partial charge on any atom is -0.352 e. The van der Waals surface area contributed by atoms with Crippen LogP contribution in [0.25, 0.3) is 0 Å². The number of nitrogens with zero attached hydrogens (tertiary/aromatic N) is 1. The second-order valence-corrected chi connectivity index (χ2v) is 4.13. The summed E-state index contributed by atoms with van der Waals surface area (Å²) in [6.45, 7) is 8.19. The Hall–Kier alpha value is -0.570. The number of piperidine rings is 1. The van der Waals surface area contributed by atoms with Gasteiger partial charge in [-0.15, -0.1) is 0 Å². The van der Waals surface area contributed by atoms with Crippen molar-refractivity contribution < 1.29 is 6.22 Å². The molecule has 0 radical (unpaired) electrons. The van der Waals surface area contributed by atoms with Gasteiger partial charge in [-0.2, -0.15) is 0 Å². The van der Waals surface area contributed by atoms with Crippen LogP contribution in [-0.2, 0) is 4.79 Å². The Morgan fingerprint density at radius 2 is 2.31 bits per heavy atom. The largest absolute Gasteiger partial charge is 0.352 e. The lowest BCUT2D eigenvalue weighted by Gasteiger charge is -2.35. The van der Waals surface area contributed by atoms with E-state index in [0.29, 0.717) is 12.1 Å². The summed E-state index contributed by atoms with van der Waals surface area (Å²) in [6.07, 6.45) is 2.33. The molecular weight excluding hydrogens is 164 g/mol. The van der Waals surface area contributed by atoms with E-state index >= 15 is 0 Å². The van der Waals surface area contributed by atoms with E-state index in [0.717, 1.165) is 13.0 Å². The molecule has 0 bridgehead atoms. The maximum Gasteiger partial charge on any atom is 0.217 e. The van der Waals surface area contributed by atoms with Gasteiger partial charge in [0.15, 0.2) is 0 Å². The van der Waals surface area contributed by atoms with Gasteiger partial charge < -0.3 is 5.32 Å². The Kier molecular flexibility index (Phi) is 3.72. The Morgan fingerprint density at radius 1 is 1.62 bits per heavy atom. The van der Waals surface area contributed by atoms with Gasteiger partial charge in [0.1, 0.15) is 0 Å². The average molecular weight is 186 g/mol. The number of rotatable bonds is 2. The standard InChI is InChI=1S/C10H20N2O.H2/c1-8(2)12-6-4-5-10(7-12)11-9(3)13;/h8,10H,4-7H2,1-3H3,(H,11,13);1H. The first kappa shape index (κ1) is 10.5. The van der Waals surface area contributed by atoms with Crippen molar-refractivity contribution in [3.8, 4) is 0 Å². The summed E-state index contributed by atoms with van der Waals surface area (Å²) in [6, 6.07) is 0.963. The van der Waals surface area contributed by atoms with Crippen LogP contribution in [-0.4, -0.2) is 36.0 Å². The highest BCUT2D eigenvalue weighted by atomic mass is 16.1. The van der Waals surface area contributed by atoms with Gasteiger partial charge in [-0.3, -0.25) is 9.69 Å². The molecule has 0 aromatic carbocycles. The lowest BCUT2D eigenvalue weighted by atomic mass is 10.0. The average Bonchev–Trinajstić information content (AvgIpc) is 2.03. The summed E-state index contributed by atoms with van der Waals surface area (Å²) >= 11 is 0. The molecule has 1 aliphatic rings. The van der Waals surface area contributed by atoms with Crippen molar-refractivity contribution in [3.05, 3.63) is 0 Å². The van der Waals surface area contributed by atoms with E-state index in [1.165, 1.54) is 13.0 Å². The monoisotopic (exact) mass is 186 g/mol. The van der Waals surface area contributed by atoms with Crippen LogP contribution in [0.15, 0.2) is 0 Å². The predicted octanol–water partition coefficient (Wildman–Crippen LogP) is 1.24. The van der Waals surface area contributed by atoms with Gasteiger partial charge in [-0.25, -0.2) is 0 Å². The fourth-order valence-electron chi connectivity index (χ4n) is 1.88. The Bertz CT molecular complexity index is 185. The van der Waals surface area contributed by atoms with Crippen molar-refractivity contribution >= 4 is 5.91 Å². The Labute approximate surface area is 82.0 Å². The number of carbonyl (C=O) groups excluding carboxylic acids is 1. The van der Waals surface area contributed by atoms with E-state index in [1.807, 2.05) is 0 Å². The fourth-order valence-corrected chi connectivity index (χ4v) is 1.88. The number of likely N-dealkylation sites (tertiary alicyclic amines) is 1. The van der Waals surface area contributed by atoms with Gasteiger partial charge in [0, 0.05) is 27.0 Å². The van der Waals surface area contributed by atoms with E-state index in [1.54, 1.807) is 6.92 Å². The summed E-state index contributed by atoms with van der Waals surface area (Å²) in [5, 5.41) is 2.99. The molecule has 0 aromatic heterocycles. The van der Waals surface area contributed by atoms with Crippen molar-refractivity contribution in [1.29, 1.82) is 0 Å². The van der Waals surface area contributed by atoms with E-state index < -0.39 is 0 Å². The third-order valence-corrected chi connectivity index (χ3v) is 2.59. The molecule has 3 nitrogen and oxygen atoms in total. The number of carbonyl (C=O) groups is 1. The number of nitrogens with one attached hydrogen (secondary N) is 1. The van der Waals surface area contributed by atoms with Gasteiger partial charge in [0.2, 0.25) is 5.91 Å². The molecule has 1 heterocycles. The molecule has 3 heteroatoms. The minimum atomic E-state index is 0. The van der Waals surface area contributed by atoms with Gasteiger partial charge in [-0.05, 0) is 33.2 Å². The first-order valence-electron chi connectivity index (χ1n) is 5.10. The van der Waals surface area contributed by atoms with Crippen LogP contribution in [0.1, 0.15) is 35.0 Å². The topological polar surface area (TPSA) is 32.3 Å². The first-order valence-corrected chi connectivity index (χ1v) is 5.10. The van der Waals surface area contributed by atoms with Crippen molar-refractivity contribution in [1.82, 2.24) is 10.2 Å². The molecule has 0 aliphatic carbocycles. The highest BCUT2D eigenvalue weighted by Crippen LogP contribution is 2.12. The Morgan fingerprint density at radius 3 is 2.85 bits per heavy atom. The highest BCUT2D eigenvalue weighted by molar-refractivity contribution is 5.73. The maximum absolute atomic E-state index is 10.9. The molecule has 1 rings (SSSR count). The van der Waals surface area contributed by atoms with Crippen LogP contribution in [0.4, 0.5) is 0 Å². The molecule has 1 unspecified atom stereocenters. The summed E-state index contributed by atoms with van der Waals surface area (Å²) < 4.78 is 0. The SMILES string of the molecule is CC(=O)NC1CCCN(C(C)C)C1.[HH].